The number of hydrogen-bond acceptors (Lipinski definition) is 3. The van der Waals surface area contributed by atoms with Crippen LogP contribution in [-0.2, 0) is 9.59 Å². The minimum atomic E-state index is 0.177. The van der Waals surface area contributed by atoms with Gasteiger partial charge in [0.25, 0.3) is 0 Å². The van der Waals surface area contributed by atoms with Gasteiger partial charge in [-0.3, -0.25) is 9.69 Å². The molecule has 1 fully saturated rings. The zero-order chi connectivity index (χ0) is 10.6. The van der Waals surface area contributed by atoms with Crippen molar-refractivity contribution in [3.8, 4) is 0 Å². The zero-order valence-electron chi connectivity index (χ0n) is 8.90. The fourth-order valence-corrected chi connectivity index (χ4v) is 1.79. The van der Waals surface area contributed by atoms with Crippen LogP contribution in [0.4, 0.5) is 0 Å². The van der Waals surface area contributed by atoms with E-state index in [1.165, 1.54) is 0 Å². The molecule has 1 amide bonds. The van der Waals surface area contributed by atoms with Crippen LogP contribution in [0, 0.1) is 0 Å². The fourth-order valence-electron chi connectivity index (χ4n) is 1.79. The van der Waals surface area contributed by atoms with Gasteiger partial charge in [0, 0.05) is 32.1 Å². The van der Waals surface area contributed by atoms with Crippen LogP contribution in [0.25, 0.3) is 0 Å². The second-order valence-electron chi connectivity index (χ2n) is 3.71. The number of likely N-dealkylation sites (N-methyl/N-ethyl adjacent to an activating group) is 1. The lowest BCUT2D eigenvalue weighted by atomic mass is 10.2. The summed E-state index contributed by atoms with van der Waals surface area (Å²) in [6, 6.07) is 0.368. The molecule has 1 saturated heterocycles. The Labute approximate surface area is 84.9 Å². The Kier molecular flexibility index (Phi) is 4.07. The number of carbonyl (C=O) groups excluding carboxylic acids is 2. The molecule has 0 radical (unpaired) electrons. The fraction of sp³-hybridized carbons (Fsp3) is 0.800. The van der Waals surface area contributed by atoms with E-state index in [2.05, 4.69) is 11.8 Å². The summed E-state index contributed by atoms with van der Waals surface area (Å²) in [6.45, 7) is 6.82. The van der Waals surface area contributed by atoms with E-state index in [0.29, 0.717) is 25.6 Å². The molecule has 0 saturated carbocycles. The number of piperazine rings is 1. The Morgan fingerprint density at radius 3 is 2.86 bits per heavy atom. The molecule has 0 aromatic carbocycles. The first kappa shape index (κ1) is 11.2. The van der Waals surface area contributed by atoms with E-state index < -0.39 is 0 Å². The molecule has 0 spiro atoms. The summed E-state index contributed by atoms with van der Waals surface area (Å²) in [5.41, 5.74) is 0. The highest BCUT2D eigenvalue weighted by atomic mass is 16.2. The van der Waals surface area contributed by atoms with E-state index in [1.807, 2.05) is 11.8 Å². The Bertz CT molecular complexity index is 218. The molecule has 1 heterocycles. The zero-order valence-corrected chi connectivity index (χ0v) is 8.90. The standard InChI is InChI=1S/C10H18N2O2/c1-3-11-7-9(2)12(5-4-6-13)8-10(11)14/h6,9H,3-5,7-8H2,1-2H3. The van der Waals surface area contributed by atoms with Crippen LogP contribution < -0.4 is 0 Å². The third-order valence-corrected chi connectivity index (χ3v) is 2.71. The van der Waals surface area contributed by atoms with Crippen molar-refractivity contribution in [2.75, 3.05) is 26.2 Å². The lowest BCUT2D eigenvalue weighted by molar-refractivity contribution is -0.138. The molecule has 0 bridgehead atoms. The van der Waals surface area contributed by atoms with Crippen LogP contribution in [0.3, 0.4) is 0 Å². The van der Waals surface area contributed by atoms with Crippen molar-refractivity contribution in [2.24, 2.45) is 0 Å². The molecule has 1 aliphatic rings. The van der Waals surface area contributed by atoms with Crippen molar-refractivity contribution < 1.29 is 9.59 Å². The molecule has 1 rings (SSSR count). The molecular formula is C10H18N2O2. The predicted molar refractivity (Wildman–Crippen MR) is 54.0 cm³/mol. The van der Waals surface area contributed by atoms with Crippen molar-refractivity contribution in [1.29, 1.82) is 0 Å². The molecule has 1 aliphatic heterocycles. The van der Waals surface area contributed by atoms with E-state index in [-0.39, 0.29) is 5.91 Å². The van der Waals surface area contributed by atoms with E-state index in [4.69, 9.17) is 0 Å². The Hall–Kier alpha value is -0.900. The van der Waals surface area contributed by atoms with Gasteiger partial charge in [-0.15, -0.1) is 0 Å². The van der Waals surface area contributed by atoms with E-state index in [9.17, 15) is 9.59 Å². The van der Waals surface area contributed by atoms with Crippen molar-refractivity contribution in [1.82, 2.24) is 9.80 Å². The molecule has 4 heteroatoms. The molecule has 14 heavy (non-hydrogen) atoms. The second-order valence-corrected chi connectivity index (χ2v) is 3.71. The minimum Gasteiger partial charge on any atom is -0.340 e. The third kappa shape index (κ3) is 2.54. The van der Waals surface area contributed by atoms with Gasteiger partial charge < -0.3 is 9.69 Å². The van der Waals surface area contributed by atoms with Crippen LogP contribution in [0.2, 0.25) is 0 Å². The summed E-state index contributed by atoms with van der Waals surface area (Å²) in [5, 5.41) is 0. The monoisotopic (exact) mass is 198 g/mol. The van der Waals surface area contributed by atoms with Gasteiger partial charge in [-0.2, -0.15) is 0 Å². The van der Waals surface area contributed by atoms with E-state index in [1.54, 1.807) is 0 Å². The van der Waals surface area contributed by atoms with Crippen LogP contribution in [-0.4, -0.2) is 54.2 Å². The summed E-state index contributed by atoms with van der Waals surface area (Å²) in [6.07, 6.45) is 1.42. The highest BCUT2D eigenvalue weighted by molar-refractivity contribution is 5.79. The van der Waals surface area contributed by atoms with Crippen molar-refractivity contribution >= 4 is 12.2 Å². The molecule has 0 aromatic heterocycles. The average molecular weight is 198 g/mol. The van der Waals surface area contributed by atoms with Crippen LogP contribution in [0.1, 0.15) is 20.3 Å². The van der Waals surface area contributed by atoms with Crippen LogP contribution in [0.15, 0.2) is 0 Å². The lowest BCUT2D eigenvalue weighted by Gasteiger charge is -2.38. The SMILES string of the molecule is CCN1CC(C)N(CCC=O)CC1=O. The van der Waals surface area contributed by atoms with Gasteiger partial charge in [0.2, 0.25) is 5.91 Å². The highest BCUT2D eigenvalue weighted by Crippen LogP contribution is 2.10. The molecule has 0 aliphatic carbocycles. The largest absolute Gasteiger partial charge is 0.340 e. The molecule has 1 unspecified atom stereocenters. The summed E-state index contributed by atoms with van der Waals surface area (Å²) >= 11 is 0. The molecule has 1 atom stereocenters. The van der Waals surface area contributed by atoms with Gasteiger partial charge in [0.1, 0.15) is 6.29 Å². The van der Waals surface area contributed by atoms with Gasteiger partial charge >= 0.3 is 0 Å². The molecule has 4 nitrogen and oxygen atoms in total. The first-order chi connectivity index (χ1) is 6.69. The number of carbonyl (C=O) groups is 2. The highest BCUT2D eigenvalue weighted by Gasteiger charge is 2.27. The molecule has 0 aromatic rings. The van der Waals surface area contributed by atoms with Gasteiger partial charge in [-0.1, -0.05) is 0 Å². The summed E-state index contributed by atoms with van der Waals surface area (Å²) < 4.78 is 0. The molecule has 0 N–H and O–H groups in total. The Morgan fingerprint density at radius 1 is 1.57 bits per heavy atom. The van der Waals surface area contributed by atoms with E-state index >= 15 is 0 Å². The minimum absolute atomic E-state index is 0.177. The van der Waals surface area contributed by atoms with Crippen molar-refractivity contribution in [2.45, 2.75) is 26.3 Å². The summed E-state index contributed by atoms with van der Waals surface area (Å²) in [4.78, 5) is 25.7. The van der Waals surface area contributed by atoms with Gasteiger partial charge in [-0.25, -0.2) is 0 Å². The number of amides is 1. The predicted octanol–water partition coefficient (Wildman–Crippen LogP) is 0.128. The average Bonchev–Trinajstić information content (AvgIpc) is 2.18. The molecule has 80 valence electrons. The number of aldehydes is 1. The van der Waals surface area contributed by atoms with Gasteiger partial charge in [0.15, 0.2) is 0 Å². The normalized spacial score (nSPS) is 24.0. The van der Waals surface area contributed by atoms with Crippen LogP contribution >= 0.6 is 0 Å². The summed E-state index contributed by atoms with van der Waals surface area (Å²) in [7, 11) is 0. The number of rotatable bonds is 4. The Morgan fingerprint density at radius 2 is 2.29 bits per heavy atom. The number of hydrogen-bond donors (Lipinski definition) is 0. The maximum Gasteiger partial charge on any atom is 0.236 e. The second kappa shape index (κ2) is 5.10. The third-order valence-electron chi connectivity index (χ3n) is 2.71. The quantitative estimate of drug-likeness (QED) is 0.603. The Balaban J connectivity index is 2.48. The number of nitrogens with zero attached hydrogens (tertiary/aromatic N) is 2. The first-order valence-corrected chi connectivity index (χ1v) is 5.14. The van der Waals surface area contributed by atoms with Crippen molar-refractivity contribution in [3.63, 3.8) is 0 Å². The topological polar surface area (TPSA) is 40.6 Å². The molecular weight excluding hydrogens is 180 g/mol. The van der Waals surface area contributed by atoms with Gasteiger partial charge in [-0.05, 0) is 13.8 Å². The van der Waals surface area contributed by atoms with Crippen molar-refractivity contribution in [3.05, 3.63) is 0 Å². The smallest absolute Gasteiger partial charge is 0.236 e. The van der Waals surface area contributed by atoms with Gasteiger partial charge in [0.05, 0.1) is 6.54 Å². The maximum atomic E-state index is 11.5. The van der Waals surface area contributed by atoms with Crippen LogP contribution in [0.5, 0.6) is 0 Å². The first-order valence-electron chi connectivity index (χ1n) is 5.14. The summed E-state index contributed by atoms with van der Waals surface area (Å²) in [5.74, 6) is 0.177. The lowest BCUT2D eigenvalue weighted by Crippen LogP contribution is -2.55. The van der Waals surface area contributed by atoms with E-state index in [0.717, 1.165) is 19.4 Å². The maximum absolute atomic E-state index is 11.5.